The molecule has 1 fully saturated rings. The van der Waals surface area contributed by atoms with Gasteiger partial charge in [0.05, 0.1) is 0 Å². The molecule has 1 aromatic carbocycles. The third-order valence-electron chi connectivity index (χ3n) is 3.70. The number of carbonyl (C=O) groups is 1. The predicted molar refractivity (Wildman–Crippen MR) is 79.1 cm³/mol. The van der Waals surface area contributed by atoms with Gasteiger partial charge in [-0.3, -0.25) is 10.2 Å². The molecule has 0 aliphatic carbocycles. The second-order valence-electron chi connectivity index (χ2n) is 5.43. The van der Waals surface area contributed by atoms with Gasteiger partial charge in [-0.05, 0) is 51.0 Å². The quantitative estimate of drug-likeness (QED) is 0.825. The average Bonchev–Trinajstić information content (AvgIpc) is 2.42. The zero-order chi connectivity index (χ0) is 14.5. The van der Waals surface area contributed by atoms with Gasteiger partial charge in [0.2, 0.25) is 0 Å². The first-order valence-corrected chi connectivity index (χ1v) is 7.12. The number of nitrogen functional groups attached to an aromatic ring is 1. The number of nitrogens with zero attached hydrogens (tertiary/aromatic N) is 1. The van der Waals surface area contributed by atoms with Crippen molar-refractivity contribution in [1.29, 1.82) is 0 Å². The molecular formula is C15H23N3O2. The summed E-state index contributed by atoms with van der Waals surface area (Å²) in [6.07, 6.45) is 3.45. The predicted octanol–water partition coefficient (Wildman–Crippen LogP) is 1.94. The minimum atomic E-state index is -0.123. The van der Waals surface area contributed by atoms with Gasteiger partial charge in [0.1, 0.15) is 5.75 Å². The smallest absolute Gasteiger partial charge is 0.272 e. The summed E-state index contributed by atoms with van der Waals surface area (Å²) in [5, 5.41) is 2.04. The number of rotatable bonds is 4. The Bertz CT molecular complexity index is 437. The van der Waals surface area contributed by atoms with Gasteiger partial charge in [-0.15, -0.1) is 0 Å². The lowest BCUT2D eigenvalue weighted by Gasteiger charge is -2.38. The molecule has 0 radical (unpaired) electrons. The third kappa shape index (κ3) is 3.87. The molecule has 0 saturated carbocycles. The van der Waals surface area contributed by atoms with Crippen LogP contribution < -0.4 is 15.9 Å². The first-order chi connectivity index (χ1) is 9.56. The molecule has 3 N–H and O–H groups in total. The lowest BCUT2D eigenvalue weighted by atomic mass is 10.00. The molecule has 110 valence electrons. The van der Waals surface area contributed by atoms with Crippen LogP contribution in [0.5, 0.6) is 5.75 Å². The van der Waals surface area contributed by atoms with Crippen molar-refractivity contribution in [2.75, 3.05) is 12.3 Å². The van der Waals surface area contributed by atoms with Crippen molar-refractivity contribution in [1.82, 2.24) is 10.4 Å². The maximum absolute atomic E-state index is 11.9. The van der Waals surface area contributed by atoms with Crippen LogP contribution in [-0.4, -0.2) is 29.6 Å². The number of hydrogen-bond donors (Lipinski definition) is 2. The van der Waals surface area contributed by atoms with Gasteiger partial charge in [0.25, 0.3) is 5.91 Å². The number of nitrogens with two attached hydrogens (primary N) is 1. The molecule has 2 rings (SSSR count). The Balaban J connectivity index is 1.81. The van der Waals surface area contributed by atoms with Crippen molar-refractivity contribution >= 4 is 11.6 Å². The maximum Gasteiger partial charge on any atom is 0.272 e. The van der Waals surface area contributed by atoms with Gasteiger partial charge in [-0.1, -0.05) is 6.42 Å². The van der Waals surface area contributed by atoms with E-state index in [1.54, 1.807) is 24.3 Å². The topological polar surface area (TPSA) is 67.6 Å². The Morgan fingerprint density at radius 2 is 1.90 bits per heavy atom. The number of hydrogen-bond acceptors (Lipinski definition) is 4. The van der Waals surface area contributed by atoms with E-state index >= 15 is 0 Å². The van der Waals surface area contributed by atoms with E-state index in [1.165, 1.54) is 6.42 Å². The molecule has 0 bridgehead atoms. The second kappa shape index (κ2) is 6.61. The molecule has 2 atom stereocenters. The van der Waals surface area contributed by atoms with E-state index in [0.717, 1.165) is 12.8 Å². The number of piperidine rings is 1. The van der Waals surface area contributed by atoms with E-state index in [0.29, 0.717) is 23.5 Å². The molecule has 1 heterocycles. The summed E-state index contributed by atoms with van der Waals surface area (Å²) in [6.45, 7) is 4.29. The molecule has 1 aliphatic rings. The van der Waals surface area contributed by atoms with Crippen molar-refractivity contribution < 1.29 is 9.53 Å². The summed E-state index contributed by atoms with van der Waals surface area (Å²) in [4.78, 5) is 11.9. The molecular weight excluding hydrogens is 254 g/mol. The van der Waals surface area contributed by atoms with Crippen LogP contribution in [0.4, 0.5) is 5.69 Å². The molecule has 1 aliphatic heterocycles. The standard InChI is InChI=1S/C15H23N3O2/c1-11-4-3-5-12(2)18(11)17-15(19)10-20-14-8-6-13(16)7-9-14/h6-9,11-12H,3-5,10,16H2,1-2H3,(H,17,19). The molecule has 0 aromatic heterocycles. The van der Waals surface area contributed by atoms with Crippen LogP contribution in [0.2, 0.25) is 0 Å². The fourth-order valence-corrected chi connectivity index (χ4v) is 2.53. The van der Waals surface area contributed by atoms with Gasteiger partial charge in [0.15, 0.2) is 6.61 Å². The zero-order valence-corrected chi connectivity index (χ0v) is 12.1. The fourth-order valence-electron chi connectivity index (χ4n) is 2.53. The molecule has 0 spiro atoms. The van der Waals surface area contributed by atoms with Gasteiger partial charge in [-0.25, -0.2) is 5.01 Å². The van der Waals surface area contributed by atoms with E-state index in [-0.39, 0.29) is 12.5 Å². The van der Waals surface area contributed by atoms with Crippen LogP contribution in [-0.2, 0) is 4.79 Å². The van der Waals surface area contributed by atoms with Crippen molar-refractivity contribution in [3.8, 4) is 5.75 Å². The number of amides is 1. The Kier molecular flexibility index (Phi) is 4.84. The lowest BCUT2D eigenvalue weighted by Crippen LogP contribution is -2.55. The van der Waals surface area contributed by atoms with E-state index in [4.69, 9.17) is 10.5 Å². The van der Waals surface area contributed by atoms with Gasteiger partial charge >= 0.3 is 0 Å². The summed E-state index contributed by atoms with van der Waals surface area (Å²) in [5.74, 6) is 0.525. The highest BCUT2D eigenvalue weighted by Gasteiger charge is 2.26. The molecule has 2 unspecified atom stereocenters. The zero-order valence-electron chi connectivity index (χ0n) is 12.1. The monoisotopic (exact) mass is 277 g/mol. The van der Waals surface area contributed by atoms with E-state index in [9.17, 15) is 4.79 Å². The first kappa shape index (κ1) is 14.7. The lowest BCUT2D eigenvalue weighted by molar-refractivity contribution is -0.131. The minimum absolute atomic E-state index is 0.0137. The van der Waals surface area contributed by atoms with Crippen LogP contribution >= 0.6 is 0 Å². The largest absolute Gasteiger partial charge is 0.484 e. The maximum atomic E-state index is 11.9. The summed E-state index contributed by atoms with van der Waals surface area (Å²) < 4.78 is 5.44. The van der Waals surface area contributed by atoms with Crippen LogP contribution in [0.15, 0.2) is 24.3 Å². The Labute approximate surface area is 120 Å². The number of benzene rings is 1. The molecule has 1 saturated heterocycles. The highest BCUT2D eigenvalue weighted by Crippen LogP contribution is 2.20. The van der Waals surface area contributed by atoms with E-state index in [2.05, 4.69) is 19.3 Å². The average molecular weight is 277 g/mol. The first-order valence-electron chi connectivity index (χ1n) is 7.12. The Morgan fingerprint density at radius 3 is 2.50 bits per heavy atom. The highest BCUT2D eigenvalue weighted by atomic mass is 16.5. The summed E-state index contributed by atoms with van der Waals surface area (Å²) in [5.41, 5.74) is 9.22. The Morgan fingerprint density at radius 1 is 1.30 bits per heavy atom. The SMILES string of the molecule is CC1CCCC(C)N1NC(=O)COc1ccc(N)cc1. The normalized spacial score (nSPS) is 23.3. The number of hydrazine groups is 1. The molecule has 5 heteroatoms. The van der Waals surface area contributed by atoms with Gasteiger partial charge in [-0.2, -0.15) is 0 Å². The van der Waals surface area contributed by atoms with E-state index in [1.807, 2.05) is 5.01 Å². The van der Waals surface area contributed by atoms with Crippen molar-refractivity contribution in [2.45, 2.75) is 45.2 Å². The van der Waals surface area contributed by atoms with Crippen molar-refractivity contribution in [3.05, 3.63) is 24.3 Å². The minimum Gasteiger partial charge on any atom is -0.484 e. The summed E-state index contributed by atoms with van der Waals surface area (Å²) in [7, 11) is 0. The summed E-state index contributed by atoms with van der Waals surface area (Å²) >= 11 is 0. The summed E-state index contributed by atoms with van der Waals surface area (Å²) in [6, 6.07) is 7.77. The van der Waals surface area contributed by atoms with E-state index < -0.39 is 0 Å². The van der Waals surface area contributed by atoms with Crippen LogP contribution in [0, 0.1) is 0 Å². The number of ether oxygens (including phenoxy) is 1. The Hall–Kier alpha value is -1.75. The fraction of sp³-hybridized carbons (Fsp3) is 0.533. The molecule has 20 heavy (non-hydrogen) atoms. The number of nitrogens with one attached hydrogen (secondary N) is 1. The number of anilines is 1. The molecule has 5 nitrogen and oxygen atoms in total. The van der Waals surface area contributed by atoms with Crippen molar-refractivity contribution in [3.63, 3.8) is 0 Å². The van der Waals surface area contributed by atoms with Crippen LogP contribution in [0.3, 0.4) is 0 Å². The highest BCUT2D eigenvalue weighted by molar-refractivity contribution is 5.77. The van der Waals surface area contributed by atoms with Crippen LogP contribution in [0.1, 0.15) is 33.1 Å². The van der Waals surface area contributed by atoms with Crippen molar-refractivity contribution in [2.24, 2.45) is 0 Å². The van der Waals surface area contributed by atoms with Crippen LogP contribution in [0.25, 0.3) is 0 Å². The second-order valence-corrected chi connectivity index (χ2v) is 5.43. The molecule has 1 amide bonds. The van der Waals surface area contributed by atoms with Gasteiger partial charge in [0, 0.05) is 17.8 Å². The third-order valence-corrected chi connectivity index (χ3v) is 3.70. The number of carbonyl (C=O) groups excluding carboxylic acids is 1. The molecule has 1 aromatic rings. The van der Waals surface area contributed by atoms with Gasteiger partial charge < -0.3 is 10.5 Å².